The Kier molecular flexibility index (Phi) is 4.24. The van der Waals surface area contributed by atoms with Crippen LogP contribution in [0.15, 0.2) is 36.4 Å². The first-order valence-corrected chi connectivity index (χ1v) is 8.89. The topological polar surface area (TPSA) is 79.8 Å². The molecular formula is C20H21N5O. The minimum absolute atomic E-state index is 0.123. The van der Waals surface area contributed by atoms with Crippen molar-refractivity contribution in [3.8, 4) is 0 Å². The van der Waals surface area contributed by atoms with Crippen LogP contribution in [-0.4, -0.2) is 27.4 Å². The van der Waals surface area contributed by atoms with Gasteiger partial charge in [0.05, 0.1) is 17.8 Å². The number of anilines is 1. The van der Waals surface area contributed by atoms with Gasteiger partial charge < -0.3 is 10.6 Å². The van der Waals surface area contributed by atoms with E-state index in [4.69, 9.17) is 0 Å². The monoisotopic (exact) mass is 347 g/mol. The molecule has 0 radical (unpaired) electrons. The highest BCUT2D eigenvalue weighted by molar-refractivity contribution is 5.96. The van der Waals surface area contributed by atoms with Crippen molar-refractivity contribution in [3.63, 3.8) is 0 Å². The Morgan fingerprint density at radius 2 is 1.96 bits per heavy atom. The summed E-state index contributed by atoms with van der Waals surface area (Å²) in [4.78, 5) is 26.0. The first-order chi connectivity index (χ1) is 12.6. The van der Waals surface area contributed by atoms with Crippen LogP contribution in [0.1, 0.15) is 47.3 Å². The van der Waals surface area contributed by atoms with Crippen LogP contribution in [0.25, 0.3) is 10.9 Å². The molecule has 3 heterocycles. The predicted octanol–water partition coefficient (Wildman–Crippen LogP) is 3.05. The standard InChI is InChI=1S/C20H21N5O/c1-12(2)18-24-17-15(9-10-21-20(17)26)19(25-18)22-11-14-8-7-13-5-3-4-6-16(13)23-14/h3-8,12H,9-11H2,1-2H3,(H,21,26)(H,22,24,25). The van der Waals surface area contributed by atoms with Gasteiger partial charge in [0.25, 0.3) is 5.91 Å². The van der Waals surface area contributed by atoms with Gasteiger partial charge in [0.15, 0.2) is 0 Å². The molecule has 6 nitrogen and oxygen atoms in total. The van der Waals surface area contributed by atoms with Gasteiger partial charge in [-0.15, -0.1) is 0 Å². The molecule has 0 fully saturated rings. The lowest BCUT2D eigenvalue weighted by Crippen LogP contribution is -2.34. The number of pyridine rings is 1. The predicted molar refractivity (Wildman–Crippen MR) is 101 cm³/mol. The number of carbonyl (C=O) groups excluding carboxylic acids is 1. The molecule has 0 saturated carbocycles. The average molecular weight is 347 g/mol. The number of fused-ring (bicyclic) bond motifs is 2. The molecule has 6 heteroatoms. The number of rotatable bonds is 4. The van der Waals surface area contributed by atoms with E-state index in [2.05, 4.69) is 31.7 Å². The van der Waals surface area contributed by atoms with Gasteiger partial charge in [-0.05, 0) is 18.6 Å². The molecule has 4 rings (SSSR count). The van der Waals surface area contributed by atoms with Crippen LogP contribution in [0.5, 0.6) is 0 Å². The molecule has 2 N–H and O–H groups in total. The van der Waals surface area contributed by atoms with E-state index in [0.717, 1.165) is 34.4 Å². The number of para-hydroxylation sites is 1. The van der Waals surface area contributed by atoms with Gasteiger partial charge in [-0.3, -0.25) is 9.78 Å². The smallest absolute Gasteiger partial charge is 0.270 e. The van der Waals surface area contributed by atoms with E-state index in [1.165, 1.54) is 0 Å². The Morgan fingerprint density at radius 1 is 1.12 bits per heavy atom. The summed E-state index contributed by atoms with van der Waals surface area (Å²) < 4.78 is 0. The van der Waals surface area contributed by atoms with E-state index in [1.54, 1.807) is 0 Å². The summed E-state index contributed by atoms with van der Waals surface area (Å²) >= 11 is 0. The Bertz CT molecular complexity index is 983. The second-order valence-corrected chi connectivity index (χ2v) is 6.77. The average Bonchev–Trinajstić information content (AvgIpc) is 2.66. The molecule has 0 bridgehead atoms. The first-order valence-electron chi connectivity index (χ1n) is 8.89. The van der Waals surface area contributed by atoms with Gasteiger partial charge in [0.2, 0.25) is 0 Å². The number of aromatic nitrogens is 3. The molecule has 132 valence electrons. The second kappa shape index (κ2) is 6.71. The fraction of sp³-hybridized carbons (Fsp3) is 0.300. The number of nitrogens with one attached hydrogen (secondary N) is 2. The molecule has 1 aromatic carbocycles. The molecule has 0 unspecified atom stereocenters. The molecule has 1 amide bonds. The highest BCUT2D eigenvalue weighted by Crippen LogP contribution is 2.23. The Labute approximate surface area is 152 Å². The fourth-order valence-electron chi connectivity index (χ4n) is 3.10. The molecular weight excluding hydrogens is 326 g/mol. The van der Waals surface area contributed by atoms with Crippen molar-refractivity contribution in [1.29, 1.82) is 0 Å². The van der Waals surface area contributed by atoms with E-state index < -0.39 is 0 Å². The maximum atomic E-state index is 12.2. The van der Waals surface area contributed by atoms with Crippen LogP contribution in [0.4, 0.5) is 5.82 Å². The van der Waals surface area contributed by atoms with Gasteiger partial charge in [0, 0.05) is 23.4 Å². The van der Waals surface area contributed by atoms with Crippen LogP contribution in [0.3, 0.4) is 0 Å². The molecule has 3 aromatic rings. The van der Waals surface area contributed by atoms with Crippen LogP contribution >= 0.6 is 0 Å². The number of nitrogens with zero attached hydrogens (tertiary/aromatic N) is 3. The normalized spacial score (nSPS) is 13.6. The van der Waals surface area contributed by atoms with Crippen molar-refractivity contribution in [1.82, 2.24) is 20.3 Å². The third-order valence-electron chi connectivity index (χ3n) is 4.51. The lowest BCUT2D eigenvalue weighted by Gasteiger charge is -2.20. The number of amides is 1. The fourth-order valence-corrected chi connectivity index (χ4v) is 3.10. The van der Waals surface area contributed by atoms with Gasteiger partial charge in [-0.25, -0.2) is 9.97 Å². The van der Waals surface area contributed by atoms with E-state index >= 15 is 0 Å². The summed E-state index contributed by atoms with van der Waals surface area (Å²) in [6.07, 6.45) is 0.729. The van der Waals surface area contributed by atoms with Crippen molar-refractivity contribution >= 4 is 22.6 Å². The van der Waals surface area contributed by atoms with Gasteiger partial charge in [-0.1, -0.05) is 38.1 Å². The van der Waals surface area contributed by atoms with Gasteiger partial charge in [0.1, 0.15) is 17.3 Å². The van der Waals surface area contributed by atoms with E-state index in [0.29, 0.717) is 24.6 Å². The Balaban J connectivity index is 1.65. The molecule has 2 aromatic heterocycles. The Morgan fingerprint density at radius 3 is 2.81 bits per heavy atom. The lowest BCUT2D eigenvalue weighted by molar-refractivity contribution is 0.0940. The minimum Gasteiger partial charge on any atom is -0.364 e. The molecule has 26 heavy (non-hydrogen) atoms. The van der Waals surface area contributed by atoms with Gasteiger partial charge in [-0.2, -0.15) is 0 Å². The van der Waals surface area contributed by atoms with Crippen LogP contribution in [-0.2, 0) is 13.0 Å². The van der Waals surface area contributed by atoms with Crippen molar-refractivity contribution < 1.29 is 4.79 Å². The summed E-state index contributed by atoms with van der Waals surface area (Å²) in [5, 5.41) is 7.35. The first kappa shape index (κ1) is 16.4. The third kappa shape index (κ3) is 3.10. The zero-order valence-corrected chi connectivity index (χ0v) is 14.9. The summed E-state index contributed by atoms with van der Waals surface area (Å²) in [5.41, 5.74) is 3.28. The molecule has 0 atom stereocenters. The molecule has 0 aliphatic carbocycles. The van der Waals surface area contributed by atoms with E-state index in [1.807, 2.05) is 44.2 Å². The zero-order chi connectivity index (χ0) is 18.1. The minimum atomic E-state index is -0.123. The summed E-state index contributed by atoms with van der Waals surface area (Å²) in [7, 11) is 0. The van der Waals surface area contributed by atoms with E-state index in [9.17, 15) is 4.79 Å². The largest absolute Gasteiger partial charge is 0.364 e. The van der Waals surface area contributed by atoms with Crippen LogP contribution in [0, 0.1) is 0 Å². The third-order valence-corrected chi connectivity index (χ3v) is 4.51. The number of carbonyl (C=O) groups is 1. The molecule has 1 aliphatic heterocycles. The second-order valence-electron chi connectivity index (χ2n) is 6.77. The maximum absolute atomic E-state index is 12.2. The summed E-state index contributed by atoms with van der Waals surface area (Å²) in [6, 6.07) is 12.1. The highest BCUT2D eigenvalue weighted by atomic mass is 16.1. The van der Waals surface area contributed by atoms with Crippen LogP contribution in [0.2, 0.25) is 0 Å². The summed E-state index contributed by atoms with van der Waals surface area (Å²) in [5.74, 6) is 1.44. The van der Waals surface area contributed by atoms with Crippen molar-refractivity contribution in [2.45, 2.75) is 32.7 Å². The SMILES string of the molecule is CC(C)c1nc(NCc2ccc3ccccc3n2)c2c(n1)C(=O)NCC2. The molecule has 0 spiro atoms. The Hall–Kier alpha value is -3.02. The van der Waals surface area contributed by atoms with E-state index in [-0.39, 0.29) is 11.8 Å². The quantitative estimate of drug-likeness (QED) is 0.758. The lowest BCUT2D eigenvalue weighted by atomic mass is 10.1. The number of hydrogen-bond acceptors (Lipinski definition) is 5. The van der Waals surface area contributed by atoms with Crippen molar-refractivity contribution in [3.05, 3.63) is 59.2 Å². The highest BCUT2D eigenvalue weighted by Gasteiger charge is 2.24. The number of benzene rings is 1. The van der Waals surface area contributed by atoms with Crippen molar-refractivity contribution in [2.24, 2.45) is 0 Å². The zero-order valence-electron chi connectivity index (χ0n) is 14.9. The maximum Gasteiger partial charge on any atom is 0.270 e. The molecule has 0 saturated heterocycles. The van der Waals surface area contributed by atoms with Crippen LogP contribution < -0.4 is 10.6 Å². The molecule has 1 aliphatic rings. The number of hydrogen-bond donors (Lipinski definition) is 2. The van der Waals surface area contributed by atoms with Crippen molar-refractivity contribution in [2.75, 3.05) is 11.9 Å². The summed E-state index contributed by atoms with van der Waals surface area (Å²) in [6.45, 7) is 5.21. The van der Waals surface area contributed by atoms with Gasteiger partial charge >= 0.3 is 0 Å².